The summed E-state index contributed by atoms with van der Waals surface area (Å²) in [6, 6.07) is 0.355. The summed E-state index contributed by atoms with van der Waals surface area (Å²) in [5.41, 5.74) is 6.29. The highest BCUT2D eigenvalue weighted by molar-refractivity contribution is 7.09. The van der Waals surface area contributed by atoms with Crippen molar-refractivity contribution in [3.8, 4) is 0 Å². The molecule has 3 nitrogen and oxygen atoms in total. The van der Waals surface area contributed by atoms with E-state index >= 15 is 0 Å². The average molecular weight is 225 g/mol. The van der Waals surface area contributed by atoms with Crippen molar-refractivity contribution in [2.75, 3.05) is 6.54 Å². The highest BCUT2D eigenvalue weighted by atomic mass is 32.1. The molecule has 0 bridgehead atoms. The number of hydrogen-bond donors (Lipinski definition) is 2. The van der Waals surface area contributed by atoms with Gasteiger partial charge in [0.25, 0.3) is 0 Å². The number of nitrogens with zero attached hydrogens (tertiary/aromatic N) is 1. The van der Waals surface area contributed by atoms with E-state index in [1.54, 1.807) is 11.3 Å². The number of aromatic nitrogens is 1. The van der Waals surface area contributed by atoms with Crippen LogP contribution in [-0.2, 0) is 0 Å². The van der Waals surface area contributed by atoms with Crippen LogP contribution in [0.2, 0.25) is 0 Å². The van der Waals surface area contributed by atoms with E-state index in [9.17, 15) is 0 Å². The molecular formula is C11H19N3S. The first-order chi connectivity index (χ1) is 7.20. The lowest BCUT2D eigenvalue weighted by Gasteiger charge is -2.38. The van der Waals surface area contributed by atoms with E-state index in [0.29, 0.717) is 6.04 Å². The van der Waals surface area contributed by atoms with Gasteiger partial charge >= 0.3 is 0 Å². The Bertz CT molecular complexity index is 293. The smallest absolute Gasteiger partial charge is 0.109 e. The summed E-state index contributed by atoms with van der Waals surface area (Å²) in [4.78, 5) is 4.29. The van der Waals surface area contributed by atoms with E-state index in [1.165, 1.54) is 19.3 Å². The zero-order chi connectivity index (χ0) is 10.7. The zero-order valence-corrected chi connectivity index (χ0v) is 10.0. The van der Waals surface area contributed by atoms with Crippen LogP contribution in [0.5, 0.6) is 0 Å². The average Bonchev–Trinajstić information content (AvgIpc) is 2.67. The zero-order valence-electron chi connectivity index (χ0n) is 9.20. The molecule has 0 spiro atoms. The minimum atomic E-state index is 0.135. The molecule has 1 unspecified atom stereocenters. The molecular weight excluding hydrogens is 206 g/mol. The molecule has 1 saturated carbocycles. The van der Waals surface area contributed by atoms with Gasteiger partial charge in [-0.2, -0.15) is 0 Å². The molecule has 0 radical (unpaired) electrons. The molecule has 0 amide bonds. The summed E-state index contributed by atoms with van der Waals surface area (Å²) in [6.07, 6.45) is 6.64. The predicted molar refractivity (Wildman–Crippen MR) is 63.9 cm³/mol. The minimum absolute atomic E-state index is 0.135. The van der Waals surface area contributed by atoms with Crippen molar-refractivity contribution in [2.45, 2.75) is 44.2 Å². The number of rotatable bonds is 5. The largest absolute Gasteiger partial charge is 0.325 e. The fourth-order valence-corrected chi connectivity index (χ4v) is 2.62. The Morgan fingerprint density at radius 2 is 2.47 bits per heavy atom. The van der Waals surface area contributed by atoms with Crippen molar-refractivity contribution in [3.63, 3.8) is 0 Å². The van der Waals surface area contributed by atoms with Crippen LogP contribution in [0.3, 0.4) is 0 Å². The minimum Gasteiger partial charge on any atom is -0.325 e. The SMILES string of the molecule is CC(NCCC1(N)CCC1)c1nccs1. The van der Waals surface area contributed by atoms with E-state index in [1.807, 2.05) is 11.6 Å². The molecule has 4 heteroatoms. The molecule has 1 aliphatic rings. The van der Waals surface area contributed by atoms with Crippen LogP contribution in [0.25, 0.3) is 0 Å². The van der Waals surface area contributed by atoms with Crippen molar-refractivity contribution < 1.29 is 0 Å². The van der Waals surface area contributed by atoms with Crippen molar-refractivity contribution >= 4 is 11.3 Å². The number of nitrogens with two attached hydrogens (primary N) is 1. The Balaban J connectivity index is 1.69. The maximum Gasteiger partial charge on any atom is 0.109 e. The number of nitrogens with one attached hydrogen (secondary N) is 1. The maximum atomic E-state index is 6.15. The Morgan fingerprint density at radius 1 is 1.67 bits per heavy atom. The monoisotopic (exact) mass is 225 g/mol. The summed E-state index contributed by atoms with van der Waals surface area (Å²) < 4.78 is 0. The van der Waals surface area contributed by atoms with Gasteiger partial charge in [0.2, 0.25) is 0 Å². The van der Waals surface area contributed by atoms with E-state index in [2.05, 4.69) is 17.2 Å². The molecule has 1 heterocycles. The molecule has 1 atom stereocenters. The molecule has 1 fully saturated rings. The van der Waals surface area contributed by atoms with E-state index in [-0.39, 0.29) is 5.54 Å². The molecule has 0 aliphatic heterocycles. The van der Waals surface area contributed by atoms with E-state index in [0.717, 1.165) is 18.0 Å². The number of hydrogen-bond acceptors (Lipinski definition) is 4. The van der Waals surface area contributed by atoms with Gasteiger partial charge in [0.1, 0.15) is 5.01 Å². The van der Waals surface area contributed by atoms with Crippen LogP contribution < -0.4 is 11.1 Å². The van der Waals surface area contributed by atoms with Gasteiger partial charge < -0.3 is 11.1 Å². The molecule has 3 N–H and O–H groups in total. The molecule has 84 valence electrons. The van der Waals surface area contributed by atoms with Crippen LogP contribution in [0.1, 0.15) is 43.7 Å². The first-order valence-corrected chi connectivity index (χ1v) is 6.49. The van der Waals surface area contributed by atoms with Gasteiger partial charge in [-0.3, -0.25) is 0 Å². The van der Waals surface area contributed by atoms with Gasteiger partial charge in [0.05, 0.1) is 6.04 Å². The van der Waals surface area contributed by atoms with E-state index in [4.69, 9.17) is 5.73 Å². The van der Waals surface area contributed by atoms with Crippen LogP contribution in [0, 0.1) is 0 Å². The van der Waals surface area contributed by atoms with Gasteiger partial charge in [-0.15, -0.1) is 11.3 Å². The highest BCUT2D eigenvalue weighted by Crippen LogP contribution is 2.31. The fourth-order valence-electron chi connectivity index (χ4n) is 1.95. The molecule has 1 aliphatic carbocycles. The van der Waals surface area contributed by atoms with Crippen LogP contribution in [-0.4, -0.2) is 17.1 Å². The second-order valence-electron chi connectivity index (χ2n) is 4.51. The summed E-state index contributed by atoms with van der Waals surface area (Å²) >= 11 is 1.70. The van der Waals surface area contributed by atoms with Crippen LogP contribution >= 0.6 is 11.3 Å². The molecule has 15 heavy (non-hydrogen) atoms. The molecule has 0 saturated heterocycles. The van der Waals surface area contributed by atoms with Crippen molar-refractivity contribution in [1.29, 1.82) is 0 Å². The van der Waals surface area contributed by atoms with Crippen LogP contribution in [0.4, 0.5) is 0 Å². The number of thiazole rings is 1. The molecule has 1 aromatic heterocycles. The molecule has 2 rings (SSSR count). The second kappa shape index (κ2) is 4.60. The first-order valence-electron chi connectivity index (χ1n) is 5.61. The Kier molecular flexibility index (Phi) is 3.38. The predicted octanol–water partition coefficient (Wildman–Crippen LogP) is 2.07. The Hall–Kier alpha value is -0.450. The van der Waals surface area contributed by atoms with Crippen molar-refractivity contribution in [2.24, 2.45) is 5.73 Å². The maximum absolute atomic E-state index is 6.15. The molecule has 1 aromatic rings. The van der Waals surface area contributed by atoms with Gasteiger partial charge in [0.15, 0.2) is 0 Å². The third-order valence-electron chi connectivity index (χ3n) is 3.24. The third kappa shape index (κ3) is 2.77. The first kappa shape index (κ1) is 11.0. The normalized spacial score (nSPS) is 20.9. The summed E-state index contributed by atoms with van der Waals surface area (Å²) in [5, 5.41) is 6.66. The van der Waals surface area contributed by atoms with Crippen molar-refractivity contribution in [1.82, 2.24) is 10.3 Å². The second-order valence-corrected chi connectivity index (χ2v) is 5.44. The quantitative estimate of drug-likeness (QED) is 0.806. The summed E-state index contributed by atoms with van der Waals surface area (Å²) in [7, 11) is 0. The van der Waals surface area contributed by atoms with Gasteiger partial charge in [-0.05, 0) is 39.2 Å². The lowest BCUT2D eigenvalue weighted by molar-refractivity contribution is 0.227. The summed E-state index contributed by atoms with van der Waals surface area (Å²) in [5.74, 6) is 0. The fraction of sp³-hybridized carbons (Fsp3) is 0.727. The van der Waals surface area contributed by atoms with Gasteiger partial charge in [-0.1, -0.05) is 0 Å². The molecule has 0 aromatic carbocycles. The topological polar surface area (TPSA) is 50.9 Å². The van der Waals surface area contributed by atoms with Crippen molar-refractivity contribution in [3.05, 3.63) is 16.6 Å². The van der Waals surface area contributed by atoms with Gasteiger partial charge in [-0.25, -0.2) is 4.98 Å². The van der Waals surface area contributed by atoms with Gasteiger partial charge in [0, 0.05) is 17.1 Å². The standard InChI is InChI=1S/C11H19N3S/c1-9(10-14-7-8-15-10)13-6-5-11(12)3-2-4-11/h7-9,13H,2-6,12H2,1H3. The Labute approximate surface area is 95.1 Å². The highest BCUT2D eigenvalue weighted by Gasteiger charge is 2.31. The lowest BCUT2D eigenvalue weighted by Crippen LogP contribution is -2.48. The van der Waals surface area contributed by atoms with Crippen LogP contribution in [0.15, 0.2) is 11.6 Å². The Morgan fingerprint density at radius 3 is 3.00 bits per heavy atom. The van der Waals surface area contributed by atoms with E-state index < -0.39 is 0 Å². The lowest BCUT2D eigenvalue weighted by atomic mass is 9.75. The summed E-state index contributed by atoms with van der Waals surface area (Å²) in [6.45, 7) is 3.15. The third-order valence-corrected chi connectivity index (χ3v) is 4.20.